The highest BCUT2D eigenvalue weighted by Crippen LogP contribution is 2.52. The summed E-state index contributed by atoms with van der Waals surface area (Å²) in [4.78, 5) is 0.264. The molecule has 1 aliphatic rings. The molecule has 92 valence electrons. The van der Waals surface area contributed by atoms with Gasteiger partial charge in [-0.05, 0) is 17.7 Å². The molecule has 1 saturated carbocycles. The molecule has 1 aromatic rings. The number of thiocarbonyl (C=S) groups is 1. The van der Waals surface area contributed by atoms with E-state index in [9.17, 15) is 8.42 Å². The molecule has 1 aromatic carbocycles. The minimum absolute atomic E-state index is 0.125. The molecule has 1 fully saturated rings. The molecule has 0 spiro atoms. The summed E-state index contributed by atoms with van der Waals surface area (Å²) in [5, 5.41) is 0.137. The highest BCUT2D eigenvalue weighted by Gasteiger charge is 2.58. The molecule has 3 atom stereocenters. The van der Waals surface area contributed by atoms with Gasteiger partial charge in [0.2, 0.25) is 0 Å². The van der Waals surface area contributed by atoms with E-state index in [0.29, 0.717) is 5.02 Å². The minimum Gasteiger partial charge on any atom is -0.393 e. The lowest BCUT2D eigenvalue weighted by Gasteiger charge is -1.99. The van der Waals surface area contributed by atoms with Gasteiger partial charge in [0.25, 0.3) is 0 Å². The molecule has 0 bridgehead atoms. The van der Waals surface area contributed by atoms with Gasteiger partial charge >= 0.3 is 0 Å². The Bertz CT molecular complexity index is 553. The van der Waals surface area contributed by atoms with Gasteiger partial charge in [0, 0.05) is 23.1 Å². The van der Waals surface area contributed by atoms with E-state index in [-0.39, 0.29) is 16.8 Å². The van der Waals surface area contributed by atoms with Crippen LogP contribution in [-0.2, 0) is 9.84 Å². The highest BCUT2D eigenvalue weighted by atomic mass is 35.5. The van der Waals surface area contributed by atoms with Gasteiger partial charge < -0.3 is 5.73 Å². The first-order valence-corrected chi connectivity index (χ1v) is 7.80. The Hall–Kier alpha value is -0.650. The zero-order chi connectivity index (χ0) is 12.8. The standard InChI is InChI=1S/C11H12ClNO2S2/c1-17(14,15)10-8(9(10)11(13)16)6-2-4-7(12)5-3-6/h2-5,8-10H,1H3,(H2,13,16). The van der Waals surface area contributed by atoms with Crippen molar-refractivity contribution in [2.24, 2.45) is 11.7 Å². The second kappa shape index (κ2) is 4.23. The van der Waals surface area contributed by atoms with Crippen LogP contribution in [0.15, 0.2) is 24.3 Å². The Morgan fingerprint density at radius 3 is 2.24 bits per heavy atom. The molecule has 0 amide bonds. The van der Waals surface area contributed by atoms with Gasteiger partial charge in [-0.3, -0.25) is 0 Å². The largest absolute Gasteiger partial charge is 0.393 e. The van der Waals surface area contributed by atoms with E-state index < -0.39 is 15.1 Å². The summed E-state index contributed by atoms with van der Waals surface area (Å²) in [6.07, 6.45) is 1.22. The molecule has 2 N–H and O–H groups in total. The molecular weight excluding hydrogens is 278 g/mol. The molecule has 6 heteroatoms. The number of sulfone groups is 1. The van der Waals surface area contributed by atoms with Crippen LogP contribution < -0.4 is 5.73 Å². The van der Waals surface area contributed by atoms with Gasteiger partial charge in [-0.2, -0.15) is 0 Å². The van der Waals surface area contributed by atoms with E-state index in [0.717, 1.165) is 5.56 Å². The molecular formula is C11H12ClNO2S2. The lowest BCUT2D eigenvalue weighted by atomic mass is 10.1. The summed E-state index contributed by atoms with van der Waals surface area (Å²) in [5.41, 5.74) is 6.50. The van der Waals surface area contributed by atoms with Gasteiger partial charge in [-0.25, -0.2) is 8.42 Å². The van der Waals surface area contributed by atoms with Gasteiger partial charge in [0.1, 0.15) is 0 Å². The maximum absolute atomic E-state index is 11.6. The van der Waals surface area contributed by atoms with Crippen LogP contribution in [-0.4, -0.2) is 24.9 Å². The number of hydrogen-bond acceptors (Lipinski definition) is 3. The van der Waals surface area contributed by atoms with Gasteiger partial charge in [0.05, 0.1) is 10.2 Å². The van der Waals surface area contributed by atoms with Crippen LogP contribution in [0.4, 0.5) is 0 Å². The normalized spacial score (nSPS) is 27.8. The summed E-state index contributed by atoms with van der Waals surface area (Å²) in [7, 11) is -3.13. The average Bonchev–Trinajstić information content (AvgIpc) is 2.93. The predicted octanol–water partition coefficient (Wildman–Crippen LogP) is 1.75. The fourth-order valence-corrected chi connectivity index (χ4v) is 4.36. The van der Waals surface area contributed by atoms with Crippen molar-refractivity contribution >= 4 is 38.6 Å². The molecule has 0 saturated heterocycles. The van der Waals surface area contributed by atoms with Crippen LogP contribution in [0.5, 0.6) is 0 Å². The number of halogens is 1. The average molecular weight is 290 g/mol. The lowest BCUT2D eigenvalue weighted by Crippen LogP contribution is -2.16. The number of hydrogen-bond donors (Lipinski definition) is 1. The van der Waals surface area contributed by atoms with Crippen LogP contribution in [0, 0.1) is 5.92 Å². The number of nitrogens with two attached hydrogens (primary N) is 1. The smallest absolute Gasteiger partial charge is 0.151 e. The zero-order valence-electron chi connectivity index (χ0n) is 9.13. The minimum atomic E-state index is -3.13. The summed E-state index contributed by atoms with van der Waals surface area (Å²) < 4.78 is 23.2. The molecule has 0 radical (unpaired) electrons. The lowest BCUT2D eigenvalue weighted by molar-refractivity contribution is 0.599. The van der Waals surface area contributed by atoms with E-state index in [1.165, 1.54) is 6.26 Å². The third-order valence-corrected chi connectivity index (χ3v) is 5.13. The van der Waals surface area contributed by atoms with Crippen molar-refractivity contribution in [3.05, 3.63) is 34.9 Å². The Morgan fingerprint density at radius 1 is 1.35 bits per heavy atom. The first kappa shape index (κ1) is 12.8. The Labute approximate surface area is 111 Å². The Morgan fingerprint density at radius 2 is 1.88 bits per heavy atom. The van der Waals surface area contributed by atoms with Crippen LogP contribution >= 0.6 is 23.8 Å². The molecule has 1 aliphatic carbocycles. The van der Waals surface area contributed by atoms with E-state index in [1.54, 1.807) is 12.1 Å². The molecule has 3 nitrogen and oxygen atoms in total. The van der Waals surface area contributed by atoms with Crippen molar-refractivity contribution in [2.45, 2.75) is 11.2 Å². The summed E-state index contributed by atoms with van der Waals surface area (Å²) in [6, 6.07) is 7.13. The number of rotatable bonds is 3. The molecule has 2 rings (SSSR count). The Kier molecular flexibility index (Phi) is 3.18. The van der Waals surface area contributed by atoms with Crippen LogP contribution in [0.3, 0.4) is 0 Å². The van der Waals surface area contributed by atoms with Crippen molar-refractivity contribution in [1.82, 2.24) is 0 Å². The van der Waals surface area contributed by atoms with Crippen molar-refractivity contribution < 1.29 is 8.42 Å². The summed E-state index contributed by atoms with van der Waals surface area (Å²) >= 11 is 10.7. The highest BCUT2D eigenvalue weighted by molar-refractivity contribution is 7.91. The second-order valence-corrected chi connectivity index (χ2v) is 7.41. The fourth-order valence-electron chi connectivity index (χ4n) is 2.24. The van der Waals surface area contributed by atoms with Crippen LogP contribution in [0.25, 0.3) is 0 Å². The predicted molar refractivity (Wildman–Crippen MR) is 73.1 cm³/mol. The van der Waals surface area contributed by atoms with Crippen molar-refractivity contribution in [3.8, 4) is 0 Å². The van der Waals surface area contributed by atoms with Gasteiger partial charge in [0.15, 0.2) is 9.84 Å². The van der Waals surface area contributed by atoms with E-state index in [1.807, 2.05) is 12.1 Å². The topological polar surface area (TPSA) is 60.2 Å². The number of benzene rings is 1. The first-order valence-electron chi connectivity index (χ1n) is 5.06. The summed E-state index contributed by atoms with van der Waals surface area (Å²) in [5.74, 6) is -0.374. The zero-order valence-corrected chi connectivity index (χ0v) is 11.5. The van der Waals surface area contributed by atoms with Crippen molar-refractivity contribution in [2.75, 3.05) is 6.26 Å². The van der Waals surface area contributed by atoms with E-state index in [2.05, 4.69) is 0 Å². The van der Waals surface area contributed by atoms with Crippen LogP contribution in [0.1, 0.15) is 11.5 Å². The quantitative estimate of drug-likeness (QED) is 0.861. The van der Waals surface area contributed by atoms with Crippen LogP contribution in [0.2, 0.25) is 5.02 Å². The maximum Gasteiger partial charge on any atom is 0.151 e. The SMILES string of the molecule is CS(=O)(=O)C1C(C(N)=S)C1c1ccc(Cl)cc1. The van der Waals surface area contributed by atoms with Gasteiger partial charge in [-0.1, -0.05) is 36.0 Å². The third-order valence-electron chi connectivity index (χ3n) is 3.03. The summed E-state index contributed by atoms with van der Waals surface area (Å²) in [6.45, 7) is 0. The molecule has 17 heavy (non-hydrogen) atoms. The van der Waals surface area contributed by atoms with Crippen molar-refractivity contribution in [1.29, 1.82) is 0 Å². The maximum atomic E-state index is 11.6. The molecule has 3 unspecified atom stereocenters. The third kappa shape index (κ3) is 2.46. The fraction of sp³-hybridized carbons (Fsp3) is 0.364. The monoisotopic (exact) mass is 289 g/mol. The molecule has 0 aliphatic heterocycles. The molecule has 0 heterocycles. The van der Waals surface area contributed by atoms with Crippen molar-refractivity contribution in [3.63, 3.8) is 0 Å². The molecule has 0 aromatic heterocycles. The van der Waals surface area contributed by atoms with E-state index >= 15 is 0 Å². The second-order valence-electron chi connectivity index (χ2n) is 4.30. The van der Waals surface area contributed by atoms with E-state index in [4.69, 9.17) is 29.6 Å². The first-order chi connectivity index (χ1) is 7.82. The Balaban J connectivity index is 2.34. The van der Waals surface area contributed by atoms with Gasteiger partial charge in [-0.15, -0.1) is 0 Å².